The standard InChI is InChI=1S/C22H28N10O14P2/c23-16-10-17(26-5-25-16)31(6-27-10)21-15(40-2-1-33)13-9(44-21)4-42-48(38,39)46-14-12(34)8(3-41-47(36,37)45-13)43-20(14)32-7-28-11-18(32)29-22(24)30-19(11)35/h5-9,12-15,20-21,33-34H,1-4H2,(H,36,37)(H,38,39)(H2,23,25,26)(H3,24,29,30,35)/t8-,9-,12?,13+,14+,15?,20-,21-/m1/s1. The summed E-state index contributed by atoms with van der Waals surface area (Å²) in [5.74, 6) is -0.238. The van der Waals surface area contributed by atoms with Crippen LogP contribution in [0.3, 0.4) is 0 Å². The molecule has 26 heteroatoms. The van der Waals surface area contributed by atoms with Crippen molar-refractivity contribution in [2.45, 2.75) is 49.1 Å². The lowest BCUT2D eigenvalue weighted by molar-refractivity contribution is -0.0771. The fraction of sp³-hybridized carbons (Fsp3) is 0.545. The summed E-state index contributed by atoms with van der Waals surface area (Å²) in [6.45, 7) is -2.37. The van der Waals surface area contributed by atoms with E-state index in [-0.39, 0.29) is 40.7 Å². The molecule has 4 aromatic heterocycles. The van der Waals surface area contributed by atoms with Crippen molar-refractivity contribution in [3.63, 3.8) is 0 Å². The number of hydrogen-bond acceptors (Lipinski definition) is 19. The Morgan fingerprint density at radius 2 is 1.56 bits per heavy atom. The van der Waals surface area contributed by atoms with E-state index in [1.54, 1.807) is 0 Å². The first-order valence-corrected chi connectivity index (χ1v) is 17.0. The van der Waals surface area contributed by atoms with Crippen molar-refractivity contribution in [1.29, 1.82) is 0 Å². The molecule has 3 saturated heterocycles. The highest BCUT2D eigenvalue weighted by atomic mass is 31.2. The number of rotatable bonds is 5. The third-order valence-electron chi connectivity index (χ3n) is 7.70. The van der Waals surface area contributed by atoms with Gasteiger partial charge in [-0.05, 0) is 0 Å². The Morgan fingerprint density at radius 3 is 2.29 bits per heavy atom. The molecule has 0 saturated carbocycles. The van der Waals surface area contributed by atoms with Crippen LogP contribution in [0, 0.1) is 0 Å². The molecule has 2 bridgehead atoms. The van der Waals surface area contributed by atoms with Crippen molar-refractivity contribution in [3.8, 4) is 0 Å². The van der Waals surface area contributed by atoms with Crippen LogP contribution in [0.15, 0.2) is 23.8 Å². The molecule has 9 N–H and O–H groups in total. The maximum absolute atomic E-state index is 13.4. The molecule has 3 fully saturated rings. The molecule has 0 spiro atoms. The minimum absolute atomic E-state index is 0.0467. The van der Waals surface area contributed by atoms with Crippen LogP contribution < -0.4 is 17.0 Å². The molecule has 7 rings (SSSR count). The molecular weight excluding hydrogens is 690 g/mol. The van der Waals surface area contributed by atoms with Gasteiger partial charge < -0.3 is 45.7 Å². The van der Waals surface area contributed by atoms with E-state index in [0.717, 1.165) is 10.9 Å². The van der Waals surface area contributed by atoms with Crippen molar-refractivity contribution in [2.75, 3.05) is 37.9 Å². The third kappa shape index (κ3) is 6.00. The average Bonchev–Trinajstić information content (AvgIpc) is 3.79. The van der Waals surface area contributed by atoms with E-state index in [1.165, 1.54) is 17.2 Å². The van der Waals surface area contributed by atoms with E-state index in [4.69, 9.17) is 43.8 Å². The van der Waals surface area contributed by atoms with Crippen LogP contribution in [0.1, 0.15) is 12.5 Å². The minimum Gasteiger partial charge on any atom is -0.394 e. The van der Waals surface area contributed by atoms with Crippen LogP contribution >= 0.6 is 15.6 Å². The monoisotopic (exact) mass is 718 g/mol. The fourth-order valence-electron chi connectivity index (χ4n) is 5.64. The normalized spacial score (nSPS) is 36.1. The summed E-state index contributed by atoms with van der Waals surface area (Å²) in [7, 11) is -10.2. The number of phosphoric ester groups is 2. The lowest BCUT2D eigenvalue weighted by Gasteiger charge is -2.27. The van der Waals surface area contributed by atoms with Gasteiger partial charge in [-0.15, -0.1) is 0 Å². The Kier molecular flexibility index (Phi) is 8.56. The molecule has 0 radical (unpaired) electrons. The third-order valence-corrected chi connectivity index (χ3v) is 9.67. The van der Waals surface area contributed by atoms with Gasteiger partial charge in [-0.2, -0.15) is 4.98 Å². The molecule has 0 aliphatic carbocycles. The highest BCUT2D eigenvalue weighted by Crippen LogP contribution is 2.54. The highest BCUT2D eigenvalue weighted by molar-refractivity contribution is 7.47. The Morgan fingerprint density at radius 1 is 0.917 bits per heavy atom. The van der Waals surface area contributed by atoms with Crippen molar-refractivity contribution in [1.82, 2.24) is 39.0 Å². The number of phosphoric acid groups is 2. The summed E-state index contributed by atoms with van der Waals surface area (Å²) >= 11 is 0. The van der Waals surface area contributed by atoms with Gasteiger partial charge in [-0.25, -0.2) is 29.1 Å². The van der Waals surface area contributed by atoms with Crippen LogP contribution in [-0.4, -0.2) is 122 Å². The molecule has 4 aromatic rings. The topological polar surface area (TPSA) is 339 Å². The zero-order chi connectivity index (χ0) is 34.0. The predicted molar refractivity (Wildman–Crippen MR) is 154 cm³/mol. The van der Waals surface area contributed by atoms with Gasteiger partial charge in [-0.3, -0.25) is 37.0 Å². The number of imidazole rings is 2. The smallest absolute Gasteiger partial charge is 0.394 e. The van der Waals surface area contributed by atoms with E-state index >= 15 is 0 Å². The van der Waals surface area contributed by atoms with Crippen LogP contribution in [-0.2, 0) is 41.4 Å². The Hall–Kier alpha value is -3.48. The second-order valence-electron chi connectivity index (χ2n) is 10.7. The molecule has 3 aliphatic heterocycles. The van der Waals surface area contributed by atoms with E-state index < -0.39 is 90.1 Å². The number of aliphatic hydroxyl groups is 2. The van der Waals surface area contributed by atoms with Crippen LogP contribution in [0.4, 0.5) is 11.8 Å². The summed E-state index contributed by atoms with van der Waals surface area (Å²) in [4.78, 5) is 56.5. The number of nitrogens with two attached hydrogens (primary N) is 2. The van der Waals surface area contributed by atoms with Gasteiger partial charge in [0.05, 0.1) is 39.1 Å². The molecule has 4 unspecified atom stereocenters. The lowest BCUT2D eigenvalue weighted by Crippen LogP contribution is -2.38. The largest absolute Gasteiger partial charge is 0.472 e. The number of nitrogen functional groups attached to an aromatic ring is 2. The predicted octanol–water partition coefficient (Wildman–Crippen LogP) is -2.32. The summed E-state index contributed by atoms with van der Waals surface area (Å²) in [5, 5.41) is 20.6. The molecule has 10 atom stereocenters. The summed E-state index contributed by atoms with van der Waals surface area (Å²) < 4.78 is 68.2. The quantitative estimate of drug-likeness (QED) is 0.106. The summed E-state index contributed by atoms with van der Waals surface area (Å²) in [6.07, 6.45) is -8.42. The second-order valence-corrected chi connectivity index (χ2v) is 13.5. The number of hydrogen-bond donors (Lipinski definition) is 7. The van der Waals surface area contributed by atoms with E-state index in [0.29, 0.717) is 0 Å². The van der Waals surface area contributed by atoms with Gasteiger partial charge in [0.2, 0.25) is 5.95 Å². The maximum Gasteiger partial charge on any atom is 0.472 e. The van der Waals surface area contributed by atoms with Crippen molar-refractivity contribution < 1.29 is 61.4 Å². The number of aliphatic hydroxyl groups excluding tert-OH is 2. The Bertz CT molecular complexity index is 1990. The van der Waals surface area contributed by atoms with E-state index in [1.807, 2.05) is 0 Å². The number of H-pyrrole nitrogens is 1. The first kappa shape index (κ1) is 33.0. The molecule has 24 nitrogen and oxygen atoms in total. The second kappa shape index (κ2) is 12.4. The molecule has 48 heavy (non-hydrogen) atoms. The molecular formula is C22H28N10O14P2. The van der Waals surface area contributed by atoms with Crippen molar-refractivity contribution in [3.05, 3.63) is 29.3 Å². The zero-order valence-corrected chi connectivity index (χ0v) is 26.0. The number of nitrogens with one attached hydrogen (secondary N) is 1. The first-order valence-electron chi connectivity index (χ1n) is 14.0. The first-order chi connectivity index (χ1) is 22.9. The Balaban J connectivity index is 1.23. The Labute approximate surface area is 266 Å². The van der Waals surface area contributed by atoms with Gasteiger partial charge in [0, 0.05) is 0 Å². The highest BCUT2D eigenvalue weighted by Gasteiger charge is 2.54. The maximum atomic E-state index is 13.4. The van der Waals surface area contributed by atoms with Crippen molar-refractivity contribution >= 4 is 49.7 Å². The van der Waals surface area contributed by atoms with Gasteiger partial charge in [0.25, 0.3) is 5.56 Å². The van der Waals surface area contributed by atoms with Gasteiger partial charge in [0.15, 0.2) is 35.1 Å². The molecule has 260 valence electrons. The minimum atomic E-state index is -5.13. The molecule has 0 aromatic carbocycles. The number of fused-ring (bicyclic) bond motifs is 5. The van der Waals surface area contributed by atoms with Gasteiger partial charge in [-0.1, -0.05) is 0 Å². The van der Waals surface area contributed by atoms with Gasteiger partial charge >= 0.3 is 15.6 Å². The summed E-state index contributed by atoms with van der Waals surface area (Å²) in [6, 6.07) is 0. The number of nitrogens with zero attached hydrogens (tertiary/aromatic N) is 7. The SMILES string of the molecule is Nc1nc2c(ncn2[C@@H]2O[C@@H]3COP(=O)(O)O[C@@H]4C(OCCO)[C@H](n5cnc6c(N)ncnc65)O[C@@H]4COP(=O)(O)O[C@H]2C3O)c(=O)[nH]1. The summed E-state index contributed by atoms with van der Waals surface area (Å²) in [5.41, 5.74) is 11.0. The van der Waals surface area contributed by atoms with E-state index in [9.17, 15) is 33.9 Å². The zero-order valence-electron chi connectivity index (χ0n) is 24.2. The van der Waals surface area contributed by atoms with Gasteiger partial charge in [0.1, 0.15) is 48.5 Å². The molecule has 0 amide bonds. The van der Waals surface area contributed by atoms with Crippen molar-refractivity contribution in [2.24, 2.45) is 0 Å². The average molecular weight is 718 g/mol. The van der Waals surface area contributed by atoms with Crippen LogP contribution in [0.25, 0.3) is 22.3 Å². The number of aromatic amines is 1. The number of ether oxygens (including phenoxy) is 3. The number of aromatic nitrogens is 8. The number of anilines is 2. The fourth-order valence-corrected chi connectivity index (χ4v) is 7.53. The van der Waals surface area contributed by atoms with E-state index in [2.05, 4.69) is 29.9 Å². The molecule has 7 heterocycles. The lowest BCUT2D eigenvalue weighted by atomic mass is 10.1. The van der Waals surface area contributed by atoms with Crippen LogP contribution in [0.2, 0.25) is 0 Å². The molecule has 3 aliphatic rings. The van der Waals surface area contributed by atoms with Crippen LogP contribution in [0.5, 0.6) is 0 Å².